The number of nitro benzene ring substituents is 1. The summed E-state index contributed by atoms with van der Waals surface area (Å²) in [5, 5.41) is 23.3. The number of anilines is 1. The summed E-state index contributed by atoms with van der Waals surface area (Å²) in [6.45, 7) is 1.99. The standard InChI is InChI=1S/C14H18N4O2/c1-17(12-3-2-7-16-8-6-12)14-5-4-13(18(19)20)9-11(14)10-15/h4-5,9,12,16H,2-3,6-8H2,1H3. The highest BCUT2D eigenvalue weighted by Gasteiger charge is 2.20. The molecule has 1 aliphatic heterocycles. The molecule has 1 fully saturated rings. The van der Waals surface area contributed by atoms with Crippen molar-refractivity contribution in [1.82, 2.24) is 5.32 Å². The molecule has 0 radical (unpaired) electrons. The molecule has 6 nitrogen and oxygen atoms in total. The summed E-state index contributed by atoms with van der Waals surface area (Å²) in [6.07, 6.45) is 3.17. The van der Waals surface area contributed by atoms with Crippen molar-refractivity contribution in [3.05, 3.63) is 33.9 Å². The van der Waals surface area contributed by atoms with E-state index >= 15 is 0 Å². The Morgan fingerprint density at radius 1 is 1.45 bits per heavy atom. The molecule has 0 amide bonds. The summed E-state index contributed by atoms with van der Waals surface area (Å²) in [4.78, 5) is 12.4. The van der Waals surface area contributed by atoms with E-state index in [0.29, 0.717) is 11.6 Å². The number of nitriles is 1. The van der Waals surface area contributed by atoms with Gasteiger partial charge in [-0.2, -0.15) is 5.26 Å². The molecule has 20 heavy (non-hydrogen) atoms. The van der Waals surface area contributed by atoms with Crippen LogP contribution in [0.25, 0.3) is 0 Å². The number of rotatable bonds is 3. The van der Waals surface area contributed by atoms with Crippen molar-refractivity contribution in [2.75, 3.05) is 25.0 Å². The molecule has 1 unspecified atom stereocenters. The first-order valence-corrected chi connectivity index (χ1v) is 6.75. The molecule has 1 aromatic rings. The zero-order valence-corrected chi connectivity index (χ0v) is 11.5. The summed E-state index contributed by atoms with van der Waals surface area (Å²) in [7, 11) is 1.96. The van der Waals surface area contributed by atoms with Gasteiger partial charge in [-0.25, -0.2) is 0 Å². The lowest BCUT2D eigenvalue weighted by atomic mass is 10.1. The van der Waals surface area contributed by atoms with E-state index in [4.69, 9.17) is 0 Å². The molecule has 0 saturated carbocycles. The van der Waals surface area contributed by atoms with Gasteiger partial charge in [-0.3, -0.25) is 10.1 Å². The Morgan fingerprint density at radius 3 is 2.95 bits per heavy atom. The van der Waals surface area contributed by atoms with Crippen LogP contribution < -0.4 is 10.2 Å². The number of nitro groups is 1. The number of hydrogen-bond donors (Lipinski definition) is 1. The highest BCUT2D eigenvalue weighted by Crippen LogP contribution is 2.27. The van der Waals surface area contributed by atoms with E-state index < -0.39 is 4.92 Å². The van der Waals surface area contributed by atoms with Crippen LogP contribution in [0, 0.1) is 21.4 Å². The fourth-order valence-corrected chi connectivity index (χ4v) is 2.62. The van der Waals surface area contributed by atoms with Crippen LogP contribution in [-0.2, 0) is 0 Å². The second-order valence-corrected chi connectivity index (χ2v) is 5.02. The van der Waals surface area contributed by atoms with Crippen LogP contribution in [0.5, 0.6) is 0 Å². The lowest BCUT2D eigenvalue weighted by Gasteiger charge is -2.29. The van der Waals surface area contributed by atoms with E-state index in [1.807, 2.05) is 7.05 Å². The summed E-state index contributed by atoms with van der Waals surface area (Å²) in [5.74, 6) is 0. The number of hydrogen-bond acceptors (Lipinski definition) is 5. The summed E-state index contributed by atoms with van der Waals surface area (Å²) >= 11 is 0. The third kappa shape index (κ3) is 3.06. The minimum atomic E-state index is -0.472. The van der Waals surface area contributed by atoms with Gasteiger partial charge in [0.05, 0.1) is 16.2 Å². The van der Waals surface area contributed by atoms with Gasteiger partial charge < -0.3 is 10.2 Å². The molecule has 0 spiro atoms. The third-order valence-corrected chi connectivity index (χ3v) is 3.78. The number of benzene rings is 1. The Hall–Kier alpha value is -2.13. The second-order valence-electron chi connectivity index (χ2n) is 5.02. The van der Waals surface area contributed by atoms with Gasteiger partial charge in [0, 0.05) is 25.2 Å². The molecule has 1 atom stereocenters. The average molecular weight is 274 g/mol. The fourth-order valence-electron chi connectivity index (χ4n) is 2.62. The Labute approximate surface area is 118 Å². The lowest BCUT2D eigenvalue weighted by molar-refractivity contribution is -0.384. The van der Waals surface area contributed by atoms with Crippen LogP contribution in [0.2, 0.25) is 0 Å². The Kier molecular flexibility index (Phi) is 4.53. The topological polar surface area (TPSA) is 82.2 Å². The van der Waals surface area contributed by atoms with E-state index in [9.17, 15) is 15.4 Å². The van der Waals surface area contributed by atoms with Crippen LogP contribution >= 0.6 is 0 Å². The van der Waals surface area contributed by atoms with E-state index in [2.05, 4.69) is 16.3 Å². The predicted molar refractivity (Wildman–Crippen MR) is 76.7 cm³/mol. The van der Waals surface area contributed by atoms with Crippen molar-refractivity contribution in [1.29, 1.82) is 5.26 Å². The molecule has 1 aliphatic rings. The van der Waals surface area contributed by atoms with Crippen LogP contribution in [0.4, 0.5) is 11.4 Å². The van der Waals surface area contributed by atoms with Crippen molar-refractivity contribution < 1.29 is 4.92 Å². The van der Waals surface area contributed by atoms with E-state index in [-0.39, 0.29) is 5.69 Å². The Morgan fingerprint density at radius 2 is 2.25 bits per heavy atom. The van der Waals surface area contributed by atoms with Gasteiger partial charge in [0.15, 0.2) is 0 Å². The van der Waals surface area contributed by atoms with Gasteiger partial charge in [-0.15, -0.1) is 0 Å². The SMILES string of the molecule is CN(c1ccc([N+](=O)[O-])cc1C#N)C1CCCNCC1. The maximum absolute atomic E-state index is 10.8. The first-order valence-electron chi connectivity index (χ1n) is 6.75. The number of nitrogens with one attached hydrogen (secondary N) is 1. The maximum Gasteiger partial charge on any atom is 0.270 e. The summed E-state index contributed by atoms with van der Waals surface area (Å²) in [5.41, 5.74) is 1.09. The van der Waals surface area contributed by atoms with Crippen LogP contribution in [-0.4, -0.2) is 31.1 Å². The third-order valence-electron chi connectivity index (χ3n) is 3.78. The molecule has 0 aliphatic carbocycles. The number of non-ortho nitro benzene ring substituents is 1. The van der Waals surface area contributed by atoms with Crippen molar-refractivity contribution in [3.63, 3.8) is 0 Å². The van der Waals surface area contributed by atoms with Crippen molar-refractivity contribution >= 4 is 11.4 Å². The molecule has 0 bridgehead atoms. The molecular formula is C14H18N4O2. The Bertz CT molecular complexity index is 530. The van der Waals surface area contributed by atoms with Gasteiger partial charge in [-0.05, 0) is 38.4 Å². The van der Waals surface area contributed by atoms with Crippen molar-refractivity contribution in [3.8, 4) is 6.07 Å². The van der Waals surface area contributed by atoms with Gasteiger partial charge in [0.25, 0.3) is 5.69 Å². The maximum atomic E-state index is 10.8. The van der Waals surface area contributed by atoms with Crippen molar-refractivity contribution in [2.45, 2.75) is 25.3 Å². The van der Waals surface area contributed by atoms with Crippen LogP contribution in [0.1, 0.15) is 24.8 Å². The van der Waals surface area contributed by atoms with E-state index in [1.54, 1.807) is 6.07 Å². The molecule has 0 aromatic heterocycles. The second kappa shape index (κ2) is 6.35. The number of nitrogens with zero attached hydrogens (tertiary/aromatic N) is 3. The summed E-state index contributed by atoms with van der Waals surface area (Å²) < 4.78 is 0. The largest absolute Gasteiger partial charge is 0.370 e. The quantitative estimate of drug-likeness (QED) is 0.673. The first kappa shape index (κ1) is 14.3. The molecule has 2 rings (SSSR count). The van der Waals surface area contributed by atoms with Gasteiger partial charge in [-0.1, -0.05) is 0 Å². The van der Waals surface area contributed by atoms with Gasteiger partial charge >= 0.3 is 0 Å². The molecule has 1 heterocycles. The smallest absolute Gasteiger partial charge is 0.270 e. The zero-order chi connectivity index (χ0) is 14.5. The molecule has 1 saturated heterocycles. The molecule has 1 aromatic carbocycles. The van der Waals surface area contributed by atoms with Gasteiger partial charge in [0.2, 0.25) is 0 Å². The molecule has 6 heteroatoms. The monoisotopic (exact) mass is 274 g/mol. The minimum Gasteiger partial charge on any atom is -0.370 e. The Balaban J connectivity index is 2.26. The zero-order valence-electron chi connectivity index (χ0n) is 11.5. The lowest BCUT2D eigenvalue weighted by Crippen LogP contribution is -2.32. The van der Waals surface area contributed by atoms with Gasteiger partial charge in [0.1, 0.15) is 6.07 Å². The normalized spacial score (nSPS) is 18.9. The minimum absolute atomic E-state index is 0.0405. The van der Waals surface area contributed by atoms with E-state index in [1.165, 1.54) is 12.1 Å². The highest BCUT2D eigenvalue weighted by molar-refractivity contribution is 5.63. The predicted octanol–water partition coefficient (Wildman–Crippen LogP) is 2.04. The fraction of sp³-hybridized carbons (Fsp3) is 0.500. The van der Waals surface area contributed by atoms with Crippen LogP contribution in [0.3, 0.4) is 0 Å². The van der Waals surface area contributed by atoms with E-state index in [0.717, 1.165) is 38.0 Å². The highest BCUT2D eigenvalue weighted by atomic mass is 16.6. The molecule has 1 N–H and O–H groups in total. The molecule has 106 valence electrons. The average Bonchev–Trinajstić information content (AvgIpc) is 2.74. The molecular weight excluding hydrogens is 256 g/mol. The first-order chi connectivity index (χ1) is 9.63. The van der Waals surface area contributed by atoms with Crippen molar-refractivity contribution in [2.24, 2.45) is 0 Å². The van der Waals surface area contributed by atoms with Crippen LogP contribution in [0.15, 0.2) is 18.2 Å². The summed E-state index contributed by atoms with van der Waals surface area (Å²) in [6, 6.07) is 6.91.